The summed E-state index contributed by atoms with van der Waals surface area (Å²) in [6.45, 7) is 8.08. The van der Waals surface area contributed by atoms with Gasteiger partial charge in [-0.25, -0.2) is 4.79 Å². The van der Waals surface area contributed by atoms with E-state index in [1.54, 1.807) is 37.8 Å². The Morgan fingerprint density at radius 3 is 2.52 bits per heavy atom. The smallest absolute Gasteiger partial charge is 0.410 e. The molecule has 1 unspecified atom stereocenters. The van der Waals surface area contributed by atoms with E-state index in [1.165, 1.54) is 12.1 Å². The predicted octanol–water partition coefficient (Wildman–Crippen LogP) is 2.71. The minimum Gasteiger partial charge on any atom is -0.444 e. The molecular weight excluding hydrogens is 370 g/mol. The van der Waals surface area contributed by atoms with E-state index >= 15 is 0 Å². The molecular formula is C19H29NO6S. The van der Waals surface area contributed by atoms with Gasteiger partial charge >= 0.3 is 6.09 Å². The number of hydrogen-bond donors (Lipinski definition) is 1. The molecule has 1 aromatic carbocycles. The van der Waals surface area contributed by atoms with Crippen molar-refractivity contribution in [2.24, 2.45) is 5.92 Å². The average molecular weight is 400 g/mol. The normalized spacial score (nSPS) is 19.1. The third kappa shape index (κ3) is 6.48. The predicted molar refractivity (Wildman–Crippen MR) is 101 cm³/mol. The largest absolute Gasteiger partial charge is 0.444 e. The van der Waals surface area contributed by atoms with Gasteiger partial charge in [0.1, 0.15) is 5.60 Å². The Labute approximate surface area is 161 Å². The van der Waals surface area contributed by atoms with Crippen molar-refractivity contribution >= 4 is 16.2 Å². The highest BCUT2D eigenvalue weighted by molar-refractivity contribution is 7.86. The third-order valence-electron chi connectivity index (χ3n) is 4.38. The number of likely N-dealkylation sites (tertiary alicyclic amines) is 1. The van der Waals surface area contributed by atoms with Crippen LogP contribution in [0.25, 0.3) is 0 Å². The van der Waals surface area contributed by atoms with Gasteiger partial charge in [-0.1, -0.05) is 17.7 Å². The molecule has 1 fully saturated rings. The lowest BCUT2D eigenvalue weighted by molar-refractivity contribution is 0.0263. The number of nitrogens with zero attached hydrogens (tertiary/aromatic N) is 1. The quantitative estimate of drug-likeness (QED) is 0.740. The summed E-state index contributed by atoms with van der Waals surface area (Å²) in [5, 5.41) is 10.3. The van der Waals surface area contributed by atoms with E-state index in [2.05, 4.69) is 0 Å². The third-order valence-corrected chi connectivity index (χ3v) is 5.71. The summed E-state index contributed by atoms with van der Waals surface area (Å²) in [5.74, 6) is -0.122. The molecule has 1 heterocycles. The van der Waals surface area contributed by atoms with Gasteiger partial charge < -0.3 is 14.7 Å². The zero-order valence-electron chi connectivity index (χ0n) is 16.3. The Bertz CT molecular complexity index is 738. The maximum atomic E-state index is 12.1. The molecule has 1 aromatic rings. The first-order valence-corrected chi connectivity index (χ1v) is 10.5. The van der Waals surface area contributed by atoms with E-state index < -0.39 is 27.9 Å². The highest BCUT2D eigenvalue weighted by Crippen LogP contribution is 2.24. The molecule has 0 saturated carbocycles. The lowest BCUT2D eigenvalue weighted by Gasteiger charge is -2.25. The van der Waals surface area contributed by atoms with E-state index in [9.17, 15) is 18.3 Å². The average Bonchev–Trinajstić information content (AvgIpc) is 3.03. The van der Waals surface area contributed by atoms with Crippen LogP contribution in [0, 0.1) is 12.8 Å². The van der Waals surface area contributed by atoms with Crippen molar-refractivity contribution in [3.05, 3.63) is 29.8 Å². The number of ether oxygens (including phenoxy) is 1. The molecule has 8 heteroatoms. The molecule has 152 valence electrons. The number of carbonyl (C=O) groups excluding carboxylic acids is 1. The van der Waals surface area contributed by atoms with Crippen LogP contribution in [0.5, 0.6) is 0 Å². The molecule has 0 aromatic heterocycles. The van der Waals surface area contributed by atoms with Gasteiger partial charge in [0.25, 0.3) is 10.1 Å². The summed E-state index contributed by atoms with van der Waals surface area (Å²) >= 11 is 0. The van der Waals surface area contributed by atoms with Crippen LogP contribution in [0.2, 0.25) is 0 Å². The van der Waals surface area contributed by atoms with Gasteiger partial charge in [0.2, 0.25) is 0 Å². The first kappa shape index (κ1) is 21.7. The number of aliphatic hydroxyl groups excluding tert-OH is 1. The molecule has 1 aliphatic rings. The zero-order valence-corrected chi connectivity index (χ0v) is 17.2. The second-order valence-electron chi connectivity index (χ2n) is 7.92. The van der Waals surface area contributed by atoms with Crippen LogP contribution in [0.3, 0.4) is 0 Å². The van der Waals surface area contributed by atoms with E-state index in [0.29, 0.717) is 19.5 Å². The van der Waals surface area contributed by atoms with Gasteiger partial charge in [0.05, 0.1) is 17.6 Å². The number of carbonyl (C=O) groups is 1. The topological polar surface area (TPSA) is 93.1 Å². The van der Waals surface area contributed by atoms with Crippen LogP contribution < -0.4 is 0 Å². The second kappa shape index (κ2) is 8.58. The highest BCUT2D eigenvalue weighted by atomic mass is 32.2. The van der Waals surface area contributed by atoms with Crippen LogP contribution in [0.1, 0.15) is 39.2 Å². The van der Waals surface area contributed by atoms with Gasteiger partial charge in [0, 0.05) is 19.0 Å². The molecule has 0 bridgehead atoms. The van der Waals surface area contributed by atoms with Crippen molar-refractivity contribution in [2.75, 3.05) is 19.7 Å². The van der Waals surface area contributed by atoms with Gasteiger partial charge in [-0.3, -0.25) is 4.18 Å². The lowest BCUT2D eigenvalue weighted by atomic mass is 9.99. The summed E-state index contributed by atoms with van der Waals surface area (Å²) in [7, 11) is -3.84. The Hall–Kier alpha value is -1.64. The Morgan fingerprint density at radius 1 is 1.30 bits per heavy atom. The summed E-state index contributed by atoms with van der Waals surface area (Å²) in [6, 6.07) is 6.40. The number of benzene rings is 1. The van der Waals surface area contributed by atoms with Crippen LogP contribution in [0.4, 0.5) is 4.79 Å². The van der Waals surface area contributed by atoms with E-state index in [0.717, 1.165) is 5.56 Å². The standard InChI is InChI=1S/C19H29NO6S/c1-14-5-7-16(8-6-14)27(23,24)25-12-10-17(21)15-9-11-20(13-15)18(22)26-19(2,3)4/h5-8,15,17,21H,9-13H2,1-4H3/t15?,17-/m0/s1. The van der Waals surface area contributed by atoms with E-state index in [1.807, 2.05) is 6.92 Å². The molecule has 1 aliphatic heterocycles. The van der Waals surface area contributed by atoms with Gasteiger partial charge in [-0.15, -0.1) is 0 Å². The van der Waals surface area contributed by atoms with E-state index in [4.69, 9.17) is 8.92 Å². The number of hydrogen-bond acceptors (Lipinski definition) is 6. The van der Waals surface area contributed by atoms with Gasteiger partial charge in [-0.2, -0.15) is 8.42 Å². The van der Waals surface area contributed by atoms with Crippen molar-refractivity contribution in [2.45, 2.75) is 57.1 Å². The molecule has 0 aliphatic carbocycles. The maximum Gasteiger partial charge on any atom is 0.410 e. The van der Waals surface area contributed by atoms with Crippen molar-refractivity contribution in [3.8, 4) is 0 Å². The summed E-state index contributed by atoms with van der Waals surface area (Å²) in [4.78, 5) is 13.7. The monoisotopic (exact) mass is 399 g/mol. The number of aryl methyl sites for hydroxylation is 1. The zero-order chi connectivity index (χ0) is 20.2. The van der Waals surface area contributed by atoms with Gasteiger partial charge in [0.15, 0.2) is 0 Å². The van der Waals surface area contributed by atoms with Crippen molar-refractivity contribution in [1.29, 1.82) is 0 Å². The fraction of sp³-hybridized carbons (Fsp3) is 0.632. The Balaban J connectivity index is 1.80. The molecule has 1 N–H and O–H groups in total. The number of amides is 1. The van der Waals surface area contributed by atoms with Crippen molar-refractivity contribution in [1.82, 2.24) is 4.90 Å². The number of aliphatic hydroxyl groups is 1. The SMILES string of the molecule is Cc1ccc(S(=O)(=O)OCC[C@H](O)C2CCN(C(=O)OC(C)(C)C)C2)cc1. The Morgan fingerprint density at radius 2 is 1.93 bits per heavy atom. The molecule has 0 radical (unpaired) electrons. The first-order valence-electron chi connectivity index (χ1n) is 9.10. The molecule has 7 nitrogen and oxygen atoms in total. The summed E-state index contributed by atoms with van der Waals surface area (Å²) < 4.78 is 34.7. The van der Waals surface area contributed by atoms with Crippen LogP contribution >= 0.6 is 0 Å². The molecule has 1 amide bonds. The minimum absolute atomic E-state index is 0.0968. The molecule has 2 rings (SSSR count). The van der Waals surface area contributed by atoms with Crippen LogP contribution in [0.15, 0.2) is 29.2 Å². The lowest BCUT2D eigenvalue weighted by Crippen LogP contribution is -2.36. The molecule has 2 atom stereocenters. The molecule has 1 saturated heterocycles. The van der Waals surface area contributed by atoms with Gasteiger partial charge in [-0.05, 0) is 52.7 Å². The fourth-order valence-electron chi connectivity index (χ4n) is 2.88. The first-order chi connectivity index (χ1) is 12.5. The summed E-state index contributed by atoms with van der Waals surface area (Å²) in [5.41, 5.74) is 0.395. The summed E-state index contributed by atoms with van der Waals surface area (Å²) in [6.07, 6.45) is -0.315. The Kier molecular flexibility index (Phi) is 6.88. The minimum atomic E-state index is -3.84. The number of rotatable bonds is 6. The van der Waals surface area contributed by atoms with Crippen LogP contribution in [-0.2, 0) is 19.0 Å². The van der Waals surface area contributed by atoms with Crippen LogP contribution in [-0.4, -0.2) is 55.9 Å². The van der Waals surface area contributed by atoms with E-state index in [-0.39, 0.29) is 23.8 Å². The highest BCUT2D eigenvalue weighted by Gasteiger charge is 2.33. The molecule has 27 heavy (non-hydrogen) atoms. The maximum absolute atomic E-state index is 12.1. The molecule has 0 spiro atoms. The fourth-order valence-corrected chi connectivity index (χ4v) is 3.80. The van der Waals surface area contributed by atoms with Crippen molar-refractivity contribution < 1.29 is 27.2 Å². The van der Waals surface area contributed by atoms with Crippen molar-refractivity contribution in [3.63, 3.8) is 0 Å². The second-order valence-corrected chi connectivity index (χ2v) is 9.54.